The molecule has 0 aliphatic rings. The summed E-state index contributed by atoms with van der Waals surface area (Å²) < 4.78 is 32.8. The molecule has 0 saturated carbocycles. The second-order valence-electron chi connectivity index (χ2n) is 7.75. The third-order valence-corrected chi connectivity index (χ3v) is 6.19. The molecule has 0 amide bonds. The van der Waals surface area contributed by atoms with Crippen LogP contribution in [-0.4, -0.2) is 19.2 Å². The Hall–Kier alpha value is -2.54. The van der Waals surface area contributed by atoms with Gasteiger partial charge in [0.2, 0.25) is 0 Å². The van der Waals surface area contributed by atoms with E-state index in [-0.39, 0.29) is 47.7 Å². The van der Waals surface area contributed by atoms with Crippen molar-refractivity contribution in [3.63, 3.8) is 0 Å². The number of benzene rings is 3. The molecule has 0 radical (unpaired) electrons. The summed E-state index contributed by atoms with van der Waals surface area (Å²) in [5.74, 6) is 0.538. The molecule has 0 aliphatic carbocycles. The van der Waals surface area contributed by atoms with Gasteiger partial charge in [-0.15, -0.1) is 0 Å². The molecule has 0 heterocycles. The van der Waals surface area contributed by atoms with Crippen LogP contribution in [0.4, 0.5) is 0 Å². The molecular formula is C28H30NaO7P. The fraction of sp³-hybridized carbons (Fsp3) is 0.250. The van der Waals surface area contributed by atoms with Gasteiger partial charge in [0, 0.05) is 0 Å². The zero-order valence-electron chi connectivity index (χ0n) is 21.6. The summed E-state index contributed by atoms with van der Waals surface area (Å²) in [6, 6.07) is 22.7. The second kappa shape index (κ2) is 15.0. The van der Waals surface area contributed by atoms with E-state index in [2.05, 4.69) is 13.8 Å². The van der Waals surface area contributed by atoms with Crippen molar-refractivity contribution in [3.05, 3.63) is 90.0 Å². The normalized spacial score (nSPS) is 12.9. The predicted octanol–water partition coefficient (Wildman–Crippen LogP) is 3.29. The Balaban J connectivity index is 0.00000481. The fourth-order valence-electron chi connectivity index (χ4n) is 3.76. The molecule has 37 heavy (non-hydrogen) atoms. The van der Waals surface area contributed by atoms with Crippen LogP contribution in [0.2, 0.25) is 0 Å². The topological polar surface area (TPSA) is 94.1 Å². The minimum atomic E-state index is -4.58. The van der Waals surface area contributed by atoms with Crippen molar-refractivity contribution >= 4 is 24.9 Å². The third kappa shape index (κ3) is 9.37. The average molecular weight is 533 g/mol. The van der Waals surface area contributed by atoms with E-state index < -0.39 is 13.8 Å². The van der Waals surface area contributed by atoms with E-state index in [0.29, 0.717) is 12.4 Å². The van der Waals surface area contributed by atoms with E-state index in [9.17, 15) is 14.3 Å². The number of phosphoric ester groups is 1. The molecular weight excluding hydrogens is 502 g/mol. The SMILES string of the molecule is CCOC(=O)COc1ccc(C(CC)=C(CC)c2ccc(OP(=O)([O-])Oc3ccccc3)cc2)cc1.[Na+]. The number of phosphoric acid groups is 1. The Labute approximate surface area is 240 Å². The predicted molar refractivity (Wildman–Crippen MR) is 138 cm³/mol. The molecule has 0 aliphatic heterocycles. The molecule has 3 aromatic carbocycles. The van der Waals surface area contributed by atoms with Gasteiger partial charge in [-0.1, -0.05) is 56.3 Å². The van der Waals surface area contributed by atoms with E-state index in [1.807, 2.05) is 36.4 Å². The van der Waals surface area contributed by atoms with Gasteiger partial charge in [-0.3, -0.25) is 0 Å². The maximum Gasteiger partial charge on any atom is 1.00 e. The summed E-state index contributed by atoms with van der Waals surface area (Å²) in [5, 5.41) is 0. The van der Waals surface area contributed by atoms with Gasteiger partial charge in [-0.2, -0.15) is 0 Å². The number of rotatable bonds is 12. The zero-order valence-corrected chi connectivity index (χ0v) is 24.5. The summed E-state index contributed by atoms with van der Waals surface area (Å²) in [6.07, 6.45) is 1.58. The fourth-order valence-corrected chi connectivity index (χ4v) is 4.55. The average Bonchev–Trinajstić information content (AvgIpc) is 2.87. The number of hydrogen-bond acceptors (Lipinski definition) is 7. The standard InChI is InChI=1S/C28H31O7P.Na/c1-4-26(21-12-16-23(17-13-21)33-20-28(29)32-6-3)27(5-2)22-14-18-25(19-15-22)35-36(30,31)34-24-10-8-7-9-11-24;/h7-19H,4-6,20H2,1-3H3,(H,30,31);/q;+1/p-1. The number of hydrogen-bond donors (Lipinski definition) is 0. The molecule has 190 valence electrons. The van der Waals surface area contributed by atoms with Gasteiger partial charge in [0.05, 0.1) is 6.61 Å². The minimum absolute atomic E-state index is 0. The minimum Gasteiger partial charge on any atom is -0.736 e. The smallest absolute Gasteiger partial charge is 0.736 e. The largest absolute Gasteiger partial charge is 1.00 e. The van der Waals surface area contributed by atoms with Crippen LogP contribution in [0.3, 0.4) is 0 Å². The molecule has 3 rings (SSSR count). The van der Waals surface area contributed by atoms with E-state index in [1.54, 1.807) is 49.4 Å². The maximum absolute atomic E-state index is 12.3. The number of carbonyl (C=O) groups is 1. The van der Waals surface area contributed by atoms with Crippen molar-refractivity contribution in [3.8, 4) is 17.2 Å². The third-order valence-electron chi connectivity index (χ3n) is 5.32. The first-order chi connectivity index (χ1) is 17.3. The number of carbonyl (C=O) groups excluding carboxylic acids is 1. The first kappa shape index (κ1) is 30.7. The Morgan fingerprint density at radius 3 is 1.65 bits per heavy atom. The Morgan fingerprint density at radius 1 is 0.730 bits per heavy atom. The molecule has 3 aromatic rings. The van der Waals surface area contributed by atoms with Crippen molar-refractivity contribution in [2.75, 3.05) is 13.2 Å². The van der Waals surface area contributed by atoms with Crippen LogP contribution in [0, 0.1) is 0 Å². The maximum atomic E-state index is 12.3. The van der Waals surface area contributed by atoms with Gasteiger partial charge in [0.25, 0.3) is 0 Å². The Kier molecular flexibility index (Phi) is 12.4. The van der Waals surface area contributed by atoms with Gasteiger partial charge in [0.1, 0.15) is 17.2 Å². The monoisotopic (exact) mass is 532 g/mol. The summed E-state index contributed by atoms with van der Waals surface area (Å²) >= 11 is 0. The van der Waals surface area contributed by atoms with E-state index in [1.165, 1.54) is 0 Å². The first-order valence-corrected chi connectivity index (χ1v) is 13.3. The molecule has 0 bridgehead atoms. The molecule has 1 unspecified atom stereocenters. The summed E-state index contributed by atoms with van der Waals surface area (Å²) in [7, 11) is -4.58. The van der Waals surface area contributed by atoms with Gasteiger partial charge in [0.15, 0.2) is 6.61 Å². The van der Waals surface area contributed by atoms with Crippen LogP contribution < -0.4 is 48.2 Å². The number of ether oxygens (including phenoxy) is 2. The van der Waals surface area contributed by atoms with Crippen LogP contribution >= 0.6 is 7.82 Å². The van der Waals surface area contributed by atoms with Gasteiger partial charge >= 0.3 is 43.3 Å². The number of para-hydroxylation sites is 1. The first-order valence-electron chi connectivity index (χ1n) is 11.8. The van der Waals surface area contributed by atoms with Gasteiger partial charge < -0.3 is 23.4 Å². The summed E-state index contributed by atoms with van der Waals surface area (Å²) in [6.45, 7) is 6.09. The number of esters is 1. The van der Waals surface area contributed by atoms with E-state index in [0.717, 1.165) is 35.1 Å². The number of allylic oxidation sites excluding steroid dienone is 2. The van der Waals surface area contributed by atoms with Crippen molar-refractivity contribution in [1.82, 2.24) is 0 Å². The van der Waals surface area contributed by atoms with Crippen molar-refractivity contribution < 1.29 is 62.3 Å². The molecule has 0 aromatic heterocycles. The van der Waals surface area contributed by atoms with Gasteiger partial charge in [-0.05, 0) is 78.4 Å². The van der Waals surface area contributed by atoms with Crippen molar-refractivity contribution in [2.45, 2.75) is 33.6 Å². The molecule has 0 fully saturated rings. The van der Waals surface area contributed by atoms with Crippen LogP contribution in [0.25, 0.3) is 11.1 Å². The van der Waals surface area contributed by atoms with E-state index >= 15 is 0 Å². The van der Waals surface area contributed by atoms with Crippen LogP contribution in [0.1, 0.15) is 44.7 Å². The van der Waals surface area contributed by atoms with Crippen LogP contribution in [0.15, 0.2) is 78.9 Å². The van der Waals surface area contributed by atoms with Crippen molar-refractivity contribution in [1.29, 1.82) is 0 Å². The summed E-state index contributed by atoms with van der Waals surface area (Å²) in [4.78, 5) is 23.8. The second-order valence-corrected chi connectivity index (χ2v) is 9.01. The molecule has 0 N–H and O–H groups in total. The molecule has 1 atom stereocenters. The quantitative estimate of drug-likeness (QED) is 0.153. The summed E-state index contributed by atoms with van der Waals surface area (Å²) in [5.41, 5.74) is 4.30. The molecule has 9 heteroatoms. The van der Waals surface area contributed by atoms with E-state index in [4.69, 9.17) is 18.5 Å². The Bertz CT molecular complexity index is 1210. The zero-order chi connectivity index (χ0) is 26.0. The van der Waals surface area contributed by atoms with Gasteiger partial charge in [-0.25, -0.2) is 9.36 Å². The van der Waals surface area contributed by atoms with Crippen LogP contribution in [0.5, 0.6) is 17.2 Å². The molecule has 7 nitrogen and oxygen atoms in total. The van der Waals surface area contributed by atoms with Crippen molar-refractivity contribution in [2.24, 2.45) is 0 Å². The van der Waals surface area contributed by atoms with Crippen LogP contribution in [-0.2, 0) is 14.1 Å². The Morgan fingerprint density at radius 2 is 1.19 bits per heavy atom. The molecule has 0 spiro atoms. The molecule has 0 saturated heterocycles.